The van der Waals surface area contributed by atoms with Gasteiger partial charge in [0.2, 0.25) is 0 Å². The molecule has 24 heavy (non-hydrogen) atoms. The van der Waals surface area contributed by atoms with Crippen LogP contribution in [0.5, 0.6) is 0 Å². The Balaban J connectivity index is 1.47. The third-order valence-corrected chi connectivity index (χ3v) is 4.44. The fraction of sp³-hybridized carbons (Fsp3) is 0.625. The number of rotatable bonds is 7. The molecule has 8 heteroatoms. The summed E-state index contributed by atoms with van der Waals surface area (Å²) in [6.07, 6.45) is 5.70. The van der Waals surface area contributed by atoms with Crippen LogP contribution in [0.15, 0.2) is 10.7 Å². The molecule has 128 valence electrons. The average molecular weight is 331 g/mol. The molecule has 0 aromatic carbocycles. The van der Waals surface area contributed by atoms with Gasteiger partial charge in [0.25, 0.3) is 11.8 Å². The van der Waals surface area contributed by atoms with Gasteiger partial charge in [-0.2, -0.15) is 10.1 Å². The van der Waals surface area contributed by atoms with Crippen molar-refractivity contribution in [2.24, 2.45) is 13.0 Å². The minimum absolute atomic E-state index is 0.206. The van der Waals surface area contributed by atoms with Gasteiger partial charge in [0.15, 0.2) is 5.82 Å². The number of carbonyl (C=O) groups is 1. The van der Waals surface area contributed by atoms with Crippen molar-refractivity contribution in [2.45, 2.75) is 44.6 Å². The van der Waals surface area contributed by atoms with E-state index in [2.05, 4.69) is 20.6 Å². The number of anilines is 1. The molecule has 2 fully saturated rings. The van der Waals surface area contributed by atoms with Gasteiger partial charge in [0, 0.05) is 13.0 Å². The Labute approximate surface area is 139 Å². The third-order valence-electron chi connectivity index (χ3n) is 4.44. The molecule has 1 atom stereocenters. The summed E-state index contributed by atoms with van der Waals surface area (Å²) in [5.74, 6) is 2.47. The van der Waals surface area contributed by atoms with E-state index >= 15 is 0 Å². The summed E-state index contributed by atoms with van der Waals surface area (Å²) in [6.45, 7) is 2.40. The molecule has 0 saturated heterocycles. The molecule has 2 aliphatic rings. The maximum absolute atomic E-state index is 12.4. The molecule has 1 unspecified atom stereocenters. The van der Waals surface area contributed by atoms with Gasteiger partial charge in [-0.1, -0.05) is 5.16 Å². The van der Waals surface area contributed by atoms with Crippen LogP contribution in [0.25, 0.3) is 11.5 Å². The highest BCUT2D eigenvalue weighted by molar-refractivity contribution is 5.96. The maximum Gasteiger partial charge on any atom is 0.263 e. The number of amides is 1. The van der Waals surface area contributed by atoms with E-state index in [0.717, 1.165) is 18.7 Å². The molecular formula is C16H21N5O3. The molecule has 1 amide bonds. The minimum Gasteiger partial charge on any atom is -0.368 e. The van der Waals surface area contributed by atoms with Gasteiger partial charge in [-0.15, -0.1) is 0 Å². The number of aromatic nitrogens is 4. The first-order chi connectivity index (χ1) is 11.6. The monoisotopic (exact) mass is 331 g/mol. The van der Waals surface area contributed by atoms with Crippen LogP contribution in [0.4, 0.5) is 5.82 Å². The van der Waals surface area contributed by atoms with Crippen LogP contribution in [0.1, 0.15) is 44.3 Å². The highest BCUT2D eigenvalue weighted by atomic mass is 16.5. The number of hydrogen-bond acceptors (Lipinski definition) is 6. The molecule has 0 radical (unpaired) electrons. The van der Waals surface area contributed by atoms with Gasteiger partial charge in [0.1, 0.15) is 17.5 Å². The zero-order valence-corrected chi connectivity index (χ0v) is 13.9. The van der Waals surface area contributed by atoms with Gasteiger partial charge < -0.3 is 14.6 Å². The quantitative estimate of drug-likeness (QED) is 0.835. The van der Waals surface area contributed by atoms with Crippen molar-refractivity contribution in [3.8, 4) is 11.5 Å². The summed E-state index contributed by atoms with van der Waals surface area (Å²) in [7, 11) is 1.76. The lowest BCUT2D eigenvalue weighted by Crippen LogP contribution is -2.29. The van der Waals surface area contributed by atoms with Crippen molar-refractivity contribution in [3.05, 3.63) is 12.0 Å². The van der Waals surface area contributed by atoms with E-state index in [-0.39, 0.29) is 5.91 Å². The van der Waals surface area contributed by atoms with Gasteiger partial charge >= 0.3 is 0 Å². The second kappa shape index (κ2) is 6.01. The number of ether oxygens (including phenoxy) is 1. The van der Waals surface area contributed by atoms with Crippen molar-refractivity contribution >= 4 is 11.7 Å². The largest absolute Gasteiger partial charge is 0.368 e. The standard InChI is InChI=1S/C16H21N5O3/c1-9(23-8-10-3-4-10)15(22)19-14-12(7-17-21(14)2)16-18-13(20-24-16)11-5-6-11/h7,9-11H,3-6,8H2,1-2H3,(H,19,22). The van der Waals surface area contributed by atoms with E-state index in [1.54, 1.807) is 24.9 Å². The van der Waals surface area contributed by atoms with Crippen LogP contribution < -0.4 is 5.32 Å². The van der Waals surface area contributed by atoms with Crippen molar-refractivity contribution < 1.29 is 14.1 Å². The smallest absolute Gasteiger partial charge is 0.263 e. The summed E-state index contributed by atoms with van der Waals surface area (Å²) in [5, 5.41) is 11.1. The minimum atomic E-state index is -0.516. The zero-order valence-electron chi connectivity index (χ0n) is 13.9. The normalized spacial score (nSPS) is 18.6. The highest BCUT2D eigenvalue weighted by Crippen LogP contribution is 2.39. The van der Waals surface area contributed by atoms with Gasteiger partial charge in [0.05, 0.1) is 12.8 Å². The van der Waals surface area contributed by atoms with Crippen molar-refractivity contribution in [1.29, 1.82) is 0 Å². The second-order valence-corrected chi connectivity index (χ2v) is 6.67. The Morgan fingerprint density at radius 3 is 2.96 bits per heavy atom. The number of carbonyl (C=O) groups excluding carboxylic acids is 1. The number of nitrogens with zero attached hydrogens (tertiary/aromatic N) is 4. The topological polar surface area (TPSA) is 95.1 Å². The third kappa shape index (κ3) is 3.19. The van der Waals surface area contributed by atoms with Crippen LogP contribution in [-0.4, -0.2) is 38.5 Å². The van der Waals surface area contributed by atoms with E-state index in [0.29, 0.717) is 35.7 Å². The molecule has 4 rings (SSSR count). The summed E-state index contributed by atoms with van der Waals surface area (Å²) in [5.41, 5.74) is 0.625. The summed E-state index contributed by atoms with van der Waals surface area (Å²) < 4.78 is 12.5. The maximum atomic E-state index is 12.4. The van der Waals surface area contributed by atoms with Crippen LogP contribution in [-0.2, 0) is 16.6 Å². The van der Waals surface area contributed by atoms with E-state index in [9.17, 15) is 4.79 Å². The summed E-state index contributed by atoms with van der Waals surface area (Å²) in [4.78, 5) is 16.8. The average Bonchev–Trinajstić information content (AvgIpc) is 3.50. The molecule has 8 nitrogen and oxygen atoms in total. The molecule has 2 aliphatic carbocycles. The lowest BCUT2D eigenvalue weighted by atomic mass is 10.3. The first kappa shape index (κ1) is 15.3. The first-order valence-electron chi connectivity index (χ1n) is 8.40. The molecule has 2 saturated carbocycles. The second-order valence-electron chi connectivity index (χ2n) is 6.67. The molecule has 1 N–H and O–H groups in total. The molecule has 0 bridgehead atoms. The Morgan fingerprint density at radius 1 is 1.46 bits per heavy atom. The van der Waals surface area contributed by atoms with Crippen LogP contribution >= 0.6 is 0 Å². The van der Waals surface area contributed by atoms with Gasteiger partial charge in [-0.3, -0.25) is 9.48 Å². The van der Waals surface area contributed by atoms with Gasteiger partial charge in [-0.25, -0.2) is 0 Å². The Bertz CT molecular complexity index is 745. The first-order valence-corrected chi connectivity index (χ1v) is 8.40. The van der Waals surface area contributed by atoms with Crippen molar-refractivity contribution in [3.63, 3.8) is 0 Å². The fourth-order valence-electron chi connectivity index (χ4n) is 2.45. The Hall–Kier alpha value is -2.22. The molecule has 2 aromatic heterocycles. The lowest BCUT2D eigenvalue weighted by molar-refractivity contribution is -0.126. The molecular weight excluding hydrogens is 310 g/mol. The van der Waals surface area contributed by atoms with E-state index in [1.807, 2.05) is 0 Å². The predicted molar refractivity (Wildman–Crippen MR) is 85.2 cm³/mol. The van der Waals surface area contributed by atoms with E-state index < -0.39 is 6.10 Å². The number of hydrogen-bond donors (Lipinski definition) is 1. The number of aryl methyl sites for hydroxylation is 1. The van der Waals surface area contributed by atoms with Crippen LogP contribution in [0, 0.1) is 5.92 Å². The van der Waals surface area contributed by atoms with Gasteiger partial charge in [-0.05, 0) is 38.5 Å². The SMILES string of the molecule is CC(OCC1CC1)C(=O)Nc1c(-c2nc(C3CC3)no2)cnn1C. The molecule has 2 heterocycles. The predicted octanol–water partition coefficient (Wildman–Crippen LogP) is 2.10. The fourth-order valence-corrected chi connectivity index (χ4v) is 2.45. The lowest BCUT2D eigenvalue weighted by Gasteiger charge is -2.13. The Morgan fingerprint density at radius 2 is 2.25 bits per heavy atom. The highest BCUT2D eigenvalue weighted by Gasteiger charge is 2.30. The summed E-state index contributed by atoms with van der Waals surface area (Å²) >= 11 is 0. The molecule has 0 spiro atoms. The Kier molecular flexibility index (Phi) is 3.84. The molecule has 2 aromatic rings. The van der Waals surface area contributed by atoms with E-state index in [1.165, 1.54) is 12.8 Å². The van der Waals surface area contributed by atoms with E-state index in [4.69, 9.17) is 9.26 Å². The van der Waals surface area contributed by atoms with Crippen molar-refractivity contribution in [1.82, 2.24) is 19.9 Å². The molecule has 0 aliphatic heterocycles. The summed E-state index contributed by atoms with van der Waals surface area (Å²) in [6, 6.07) is 0. The zero-order chi connectivity index (χ0) is 16.7. The number of nitrogens with one attached hydrogen (secondary N) is 1. The van der Waals surface area contributed by atoms with Crippen molar-refractivity contribution in [2.75, 3.05) is 11.9 Å². The van der Waals surface area contributed by atoms with Crippen LogP contribution in [0.2, 0.25) is 0 Å². The van der Waals surface area contributed by atoms with Crippen LogP contribution in [0.3, 0.4) is 0 Å².